The van der Waals surface area contributed by atoms with Gasteiger partial charge >= 0.3 is 0 Å². The fraction of sp³-hybridized carbons (Fsp3) is 0.333. The van der Waals surface area contributed by atoms with E-state index in [1.54, 1.807) is 0 Å². The molecule has 0 fully saturated rings. The van der Waals surface area contributed by atoms with Gasteiger partial charge in [0, 0.05) is 25.6 Å². The zero-order valence-corrected chi connectivity index (χ0v) is 8.50. The van der Waals surface area contributed by atoms with E-state index >= 15 is 0 Å². The van der Waals surface area contributed by atoms with Gasteiger partial charge in [0.15, 0.2) is 0 Å². The molecule has 0 aromatic heterocycles. The summed E-state index contributed by atoms with van der Waals surface area (Å²) < 4.78 is 0.944. The first-order valence-electron chi connectivity index (χ1n) is 2.50. The third-order valence-corrected chi connectivity index (χ3v) is 0.586. The Labute approximate surface area is 83.8 Å². The molecule has 0 aromatic carbocycles. The molecular weight excluding hydrogens is 208 g/mol. The van der Waals surface area contributed by atoms with E-state index < -0.39 is 0 Å². The van der Waals surface area contributed by atoms with Crippen molar-refractivity contribution >= 4 is 23.6 Å². The molecule has 1 nitrogen and oxygen atoms in total. The summed E-state index contributed by atoms with van der Waals surface area (Å²) in [5.41, 5.74) is 0. The fourth-order valence-electron chi connectivity index (χ4n) is 0.340. The summed E-state index contributed by atoms with van der Waals surface area (Å²) >= 11 is 9.75. The van der Waals surface area contributed by atoms with Crippen molar-refractivity contribution in [1.82, 2.24) is 3.94 Å². The molecule has 0 bridgehead atoms. The third kappa shape index (κ3) is 15.8. The Morgan fingerprint density at radius 1 is 1.50 bits per heavy atom. The molecule has 1 aliphatic carbocycles. The van der Waals surface area contributed by atoms with Crippen LogP contribution in [0.1, 0.15) is 6.42 Å². The molecule has 0 atom stereocenters. The van der Waals surface area contributed by atoms with Crippen molar-refractivity contribution in [3.63, 3.8) is 0 Å². The van der Waals surface area contributed by atoms with Crippen molar-refractivity contribution < 1.29 is 18.6 Å². The van der Waals surface area contributed by atoms with Crippen LogP contribution < -0.4 is 0 Å². The zero-order valence-electron chi connectivity index (χ0n) is 5.59. The molecule has 1 radical (unpaired) electrons. The van der Waals surface area contributed by atoms with Gasteiger partial charge in [0.2, 0.25) is 0 Å². The summed E-state index contributed by atoms with van der Waals surface area (Å²) in [6.07, 6.45) is 10.0. The minimum atomic E-state index is 0. The predicted molar refractivity (Wildman–Crippen MR) is 41.0 cm³/mol. The van der Waals surface area contributed by atoms with E-state index in [-0.39, 0.29) is 18.6 Å². The van der Waals surface area contributed by atoms with Crippen LogP contribution in [0.25, 0.3) is 0 Å². The molecule has 1 aliphatic rings. The standard InChI is InChI=1S/C5H5.CH3Cl2N.V/c1-2-4-5-3-1;1-4(2)3;/h1-3H,4H2;1H3;/q-1;;. The number of hydrogen-bond acceptors (Lipinski definition) is 1. The largest absolute Gasteiger partial charge is 0.273 e. The van der Waals surface area contributed by atoms with Gasteiger partial charge in [-0.3, -0.25) is 6.08 Å². The predicted octanol–water partition coefficient (Wildman–Crippen LogP) is 2.53. The summed E-state index contributed by atoms with van der Waals surface area (Å²) in [6.45, 7) is 0. The first-order valence-corrected chi connectivity index (χ1v) is 3.18. The number of rotatable bonds is 0. The van der Waals surface area contributed by atoms with Crippen molar-refractivity contribution in [2.75, 3.05) is 7.05 Å². The van der Waals surface area contributed by atoms with Crippen molar-refractivity contribution in [1.29, 1.82) is 0 Å². The smallest absolute Gasteiger partial charge is 0.0190 e. The molecule has 57 valence electrons. The van der Waals surface area contributed by atoms with Gasteiger partial charge in [-0.25, -0.2) is 12.2 Å². The Morgan fingerprint density at radius 3 is 2.10 bits per heavy atom. The summed E-state index contributed by atoms with van der Waals surface area (Å²) in [7, 11) is 1.53. The van der Waals surface area contributed by atoms with Gasteiger partial charge in [-0.05, 0) is 23.6 Å². The van der Waals surface area contributed by atoms with Crippen LogP contribution in [0, 0.1) is 6.08 Å². The molecule has 0 aromatic rings. The van der Waals surface area contributed by atoms with Crippen molar-refractivity contribution in [2.24, 2.45) is 0 Å². The molecule has 0 spiro atoms. The topological polar surface area (TPSA) is 3.24 Å². The minimum absolute atomic E-state index is 0. The molecule has 0 N–H and O–H groups in total. The monoisotopic (exact) mass is 215 g/mol. The second kappa shape index (κ2) is 9.60. The molecule has 0 unspecified atom stereocenters. The SMILES string of the molecule is CN(Cl)Cl.[C-]1=CC=CC1.[V]. The van der Waals surface area contributed by atoms with E-state index in [9.17, 15) is 0 Å². The first-order chi connectivity index (χ1) is 4.23. The second-order valence-corrected chi connectivity index (χ2v) is 2.59. The second-order valence-electron chi connectivity index (χ2n) is 1.41. The van der Waals surface area contributed by atoms with Crippen LogP contribution >= 0.6 is 23.6 Å². The van der Waals surface area contributed by atoms with Crippen molar-refractivity contribution in [3.8, 4) is 0 Å². The maximum absolute atomic E-state index is 4.87. The van der Waals surface area contributed by atoms with Gasteiger partial charge in [0.05, 0.1) is 0 Å². The third-order valence-electron chi connectivity index (χ3n) is 0.586. The van der Waals surface area contributed by atoms with Crippen LogP contribution in [0.4, 0.5) is 0 Å². The first kappa shape index (κ1) is 13.2. The van der Waals surface area contributed by atoms with Crippen LogP contribution in [-0.2, 0) is 18.6 Å². The van der Waals surface area contributed by atoms with Crippen LogP contribution in [-0.4, -0.2) is 11.0 Å². The molecule has 0 saturated heterocycles. The maximum atomic E-state index is 4.87. The van der Waals surface area contributed by atoms with E-state index in [4.69, 9.17) is 23.6 Å². The van der Waals surface area contributed by atoms with Crippen molar-refractivity contribution in [3.05, 3.63) is 24.3 Å². The van der Waals surface area contributed by atoms with Crippen molar-refractivity contribution in [2.45, 2.75) is 6.42 Å². The number of nitrogens with zero attached hydrogens (tertiary/aromatic N) is 1. The van der Waals surface area contributed by atoms with Gasteiger partial charge in [-0.1, -0.05) is 0 Å². The molecule has 0 heterocycles. The Balaban J connectivity index is 0. The van der Waals surface area contributed by atoms with E-state index in [2.05, 4.69) is 12.2 Å². The minimum Gasteiger partial charge on any atom is -0.273 e. The van der Waals surface area contributed by atoms with E-state index in [0.29, 0.717) is 0 Å². The van der Waals surface area contributed by atoms with Gasteiger partial charge < -0.3 is 0 Å². The summed E-state index contributed by atoms with van der Waals surface area (Å²) in [5, 5.41) is 0. The van der Waals surface area contributed by atoms with Crippen LogP contribution in [0.3, 0.4) is 0 Å². The Hall–Kier alpha value is 0.604. The zero-order chi connectivity index (χ0) is 7.11. The Bertz CT molecular complexity index is 99.6. The van der Waals surface area contributed by atoms with Gasteiger partial charge in [-0.2, -0.15) is 6.08 Å². The molecule has 4 heteroatoms. The van der Waals surface area contributed by atoms with E-state index in [1.807, 2.05) is 12.2 Å². The molecule has 0 aliphatic heterocycles. The molecule has 10 heavy (non-hydrogen) atoms. The number of halogens is 2. The Morgan fingerprint density at radius 2 is 2.00 bits per heavy atom. The molecule has 0 amide bonds. The average Bonchev–Trinajstić information content (AvgIpc) is 2.11. The molecule has 0 saturated carbocycles. The fourth-order valence-corrected chi connectivity index (χ4v) is 0.340. The average molecular weight is 216 g/mol. The summed E-state index contributed by atoms with van der Waals surface area (Å²) in [6, 6.07) is 0. The number of allylic oxidation sites excluding steroid dienone is 4. The molecular formula is C6H8Cl2NV-. The number of hydrogen-bond donors (Lipinski definition) is 0. The van der Waals surface area contributed by atoms with Gasteiger partial charge in [-0.15, -0.1) is 10.4 Å². The van der Waals surface area contributed by atoms with Gasteiger partial charge in [0.25, 0.3) is 0 Å². The Kier molecular flexibility index (Phi) is 12.7. The normalized spacial score (nSPS) is 12.4. The maximum Gasteiger partial charge on any atom is 0.0190 e. The van der Waals surface area contributed by atoms with Crippen LogP contribution in [0.5, 0.6) is 0 Å². The van der Waals surface area contributed by atoms with Crippen LogP contribution in [0.15, 0.2) is 18.2 Å². The summed E-state index contributed by atoms with van der Waals surface area (Å²) in [5.74, 6) is 0. The van der Waals surface area contributed by atoms with Crippen LogP contribution in [0.2, 0.25) is 0 Å². The van der Waals surface area contributed by atoms with E-state index in [0.717, 1.165) is 10.4 Å². The summed E-state index contributed by atoms with van der Waals surface area (Å²) in [4.78, 5) is 0. The van der Waals surface area contributed by atoms with Gasteiger partial charge in [0.1, 0.15) is 0 Å². The van der Waals surface area contributed by atoms with E-state index in [1.165, 1.54) is 7.05 Å². The molecule has 1 rings (SSSR count). The quantitative estimate of drug-likeness (QED) is 0.444.